The van der Waals surface area contributed by atoms with E-state index in [9.17, 15) is 14.9 Å². The van der Waals surface area contributed by atoms with Crippen molar-refractivity contribution in [3.8, 4) is 0 Å². The number of rotatable bonds is 3. The lowest BCUT2D eigenvalue weighted by atomic mass is 10.1. The molecular formula is C14H11BrN2O3. The molecule has 0 aromatic heterocycles. The van der Waals surface area contributed by atoms with Crippen molar-refractivity contribution in [2.24, 2.45) is 0 Å². The van der Waals surface area contributed by atoms with Crippen LogP contribution in [0.25, 0.3) is 0 Å². The standard InChI is InChI=1S/C14H11BrN2O3/c1-9-6-7-10(8-13(9)17(19)20)16-14(18)11-4-2-3-5-12(11)15/h2-8H,1H3,(H,16,18). The molecule has 0 saturated carbocycles. The lowest BCUT2D eigenvalue weighted by Gasteiger charge is -2.07. The molecule has 0 bridgehead atoms. The Hall–Kier alpha value is -2.21. The number of amides is 1. The molecule has 0 aliphatic rings. The molecule has 2 rings (SSSR count). The van der Waals surface area contributed by atoms with Crippen molar-refractivity contribution in [1.29, 1.82) is 0 Å². The summed E-state index contributed by atoms with van der Waals surface area (Å²) < 4.78 is 0.666. The van der Waals surface area contributed by atoms with Gasteiger partial charge in [-0.3, -0.25) is 14.9 Å². The number of hydrogen-bond donors (Lipinski definition) is 1. The van der Waals surface area contributed by atoms with E-state index in [4.69, 9.17) is 0 Å². The van der Waals surface area contributed by atoms with Gasteiger partial charge in [0.15, 0.2) is 0 Å². The van der Waals surface area contributed by atoms with Gasteiger partial charge in [0.2, 0.25) is 0 Å². The second kappa shape index (κ2) is 5.83. The van der Waals surface area contributed by atoms with Crippen LogP contribution in [0, 0.1) is 17.0 Å². The molecule has 2 aromatic carbocycles. The number of benzene rings is 2. The maximum absolute atomic E-state index is 12.1. The van der Waals surface area contributed by atoms with Gasteiger partial charge in [0.1, 0.15) is 0 Å². The van der Waals surface area contributed by atoms with Crippen LogP contribution >= 0.6 is 15.9 Å². The lowest BCUT2D eigenvalue weighted by Crippen LogP contribution is -2.12. The highest BCUT2D eigenvalue weighted by Gasteiger charge is 2.14. The summed E-state index contributed by atoms with van der Waals surface area (Å²) >= 11 is 3.29. The van der Waals surface area contributed by atoms with Gasteiger partial charge in [-0.15, -0.1) is 0 Å². The summed E-state index contributed by atoms with van der Waals surface area (Å²) in [6.45, 7) is 1.65. The molecule has 0 radical (unpaired) electrons. The summed E-state index contributed by atoms with van der Waals surface area (Å²) in [6, 6.07) is 11.6. The van der Waals surface area contributed by atoms with Crippen molar-refractivity contribution in [3.63, 3.8) is 0 Å². The second-order valence-corrected chi connectivity index (χ2v) is 5.05. The zero-order valence-corrected chi connectivity index (χ0v) is 12.2. The number of nitrogens with one attached hydrogen (secondary N) is 1. The molecule has 0 fully saturated rings. The number of nitro groups is 1. The fourth-order valence-electron chi connectivity index (χ4n) is 1.73. The van der Waals surface area contributed by atoms with Crippen LogP contribution in [0.4, 0.5) is 11.4 Å². The van der Waals surface area contributed by atoms with Gasteiger partial charge >= 0.3 is 0 Å². The number of hydrogen-bond acceptors (Lipinski definition) is 3. The van der Waals surface area contributed by atoms with E-state index < -0.39 is 4.92 Å². The quantitative estimate of drug-likeness (QED) is 0.683. The Labute approximate surface area is 123 Å². The molecule has 0 aliphatic heterocycles. The largest absolute Gasteiger partial charge is 0.322 e. The molecule has 102 valence electrons. The molecule has 2 aromatic rings. The van der Waals surface area contributed by atoms with Crippen LogP contribution < -0.4 is 5.32 Å². The van der Waals surface area contributed by atoms with E-state index in [-0.39, 0.29) is 11.6 Å². The Morgan fingerprint density at radius 1 is 1.25 bits per heavy atom. The van der Waals surface area contributed by atoms with Gasteiger partial charge in [-0.2, -0.15) is 0 Å². The van der Waals surface area contributed by atoms with E-state index in [1.807, 2.05) is 0 Å². The maximum atomic E-state index is 12.1. The Bertz CT molecular complexity index is 686. The number of nitrogens with zero attached hydrogens (tertiary/aromatic N) is 1. The third-order valence-corrected chi connectivity index (χ3v) is 3.47. The Morgan fingerprint density at radius 2 is 1.95 bits per heavy atom. The van der Waals surface area contributed by atoms with Crippen LogP contribution in [-0.2, 0) is 0 Å². The number of nitro benzene ring substituents is 1. The number of halogens is 1. The van der Waals surface area contributed by atoms with Crippen LogP contribution in [-0.4, -0.2) is 10.8 Å². The average molecular weight is 335 g/mol. The van der Waals surface area contributed by atoms with Crippen LogP contribution in [0.15, 0.2) is 46.9 Å². The molecule has 0 aliphatic carbocycles. The van der Waals surface area contributed by atoms with E-state index >= 15 is 0 Å². The average Bonchev–Trinajstić information content (AvgIpc) is 2.41. The van der Waals surface area contributed by atoms with E-state index in [0.29, 0.717) is 21.3 Å². The molecule has 20 heavy (non-hydrogen) atoms. The zero-order valence-electron chi connectivity index (χ0n) is 10.6. The predicted molar refractivity (Wildman–Crippen MR) is 79.9 cm³/mol. The van der Waals surface area contributed by atoms with Crippen molar-refractivity contribution >= 4 is 33.2 Å². The van der Waals surface area contributed by atoms with Gasteiger partial charge in [-0.1, -0.05) is 18.2 Å². The molecule has 0 saturated heterocycles. The van der Waals surface area contributed by atoms with Crippen molar-refractivity contribution in [1.82, 2.24) is 0 Å². The number of anilines is 1. The SMILES string of the molecule is Cc1ccc(NC(=O)c2ccccc2Br)cc1[N+](=O)[O-]. The Balaban J connectivity index is 2.27. The highest BCUT2D eigenvalue weighted by Crippen LogP contribution is 2.23. The topological polar surface area (TPSA) is 72.2 Å². The van der Waals surface area contributed by atoms with E-state index in [0.717, 1.165) is 0 Å². The van der Waals surface area contributed by atoms with Crippen molar-refractivity contribution in [2.45, 2.75) is 6.92 Å². The summed E-state index contributed by atoms with van der Waals surface area (Å²) in [5.74, 6) is -0.323. The summed E-state index contributed by atoms with van der Waals surface area (Å²) in [5, 5.41) is 13.5. The van der Waals surface area contributed by atoms with Gasteiger partial charge in [0, 0.05) is 21.8 Å². The lowest BCUT2D eigenvalue weighted by molar-refractivity contribution is -0.385. The van der Waals surface area contributed by atoms with Crippen molar-refractivity contribution in [3.05, 3.63) is 68.2 Å². The minimum absolute atomic E-state index is 0.0186. The van der Waals surface area contributed by atoms with Crippen LogP contribution in [0.3, 0.4) is 0 Å². The van der Waals surface area contributed by atoms with E-state index in [1.54, 1.807) is 43.3 Å². The van der Waals surface area contributed by atoms with E-state index in [2.05, 4.69) is 21.2 Å². The number of carbonyl (C=O) groups is 1. The molecule has 0 heterocycles. The Kier molecular flexibility index (Phi) is 4.14. The molecule has 1 amide bonds. The third kappa shape index (κ3) is 3.03. The predicted octanol–water partition coefficient (Wildman–Crippen LogP) is 3.92. The molecule has 1 N–H and O–H groups in total. The highest BCUT2D eigenvalue weighted by atomic mass is 79.9. The minimum Gasteiger partial charge on any atom is -0.322 e. The zero-order chi connectivity index (χ0) is 14.7. The first-order valence-electron chi connectivity index (χ1n) is 5.80. The Morgan fingerprint density at radius 3 is 2.60 bits per heavy atom. The van der Waals surface area contributed by atoms with Crippen LogP contribution in [0.5, 0.6) is 0 Å². The molecule has 6 heteroatoms. The van der Waals surface area contributed by atoms with Crippen molar-refractivity contribution < 1.29 is 9.72 Å². The first-order chi connectivity index (χ1) is 9.49. The van der Waals surface area contributed by atoms with Gasteiger partial charge in [-0.25, -0.2) is 0 Å². The minimum atomic E-state index is -0.469. The smallest absolute Gasteiger partial charge is 0.274 e. The van der Waals surface area contributed by atoms with Crippen LogP contribution in [0.2, 0.25) is 0 Å². The van der Waals surface area contributed by atoms with Gasteiger partial charge < -0.3 is 5.32 Å². The van der Waals surface area contributed by atoms with E-state index in [1.165, 1.54) is 6.07 Å². The molecule has 0 atom stereocenters. The second-order valence-electron chi connectivity index (χ2n) is 4.19. The van der Waals surface area contributed by atoms with Gasteiger partial charge in [0.25, 0.3) is 11.6 Å². The summed E-state index contributed by atoms with van der Waals surface area (Å²) in [5.41, 5.74) is 1.39. The third-order valence-electron chi connectivity index (χ3n) is 2.78. The van der Waals surface area contributed by atoms with Crippen LogP contribution in [0.1, 0.15) is 15.9 Å². The number of carbonyl (C=O) groups excluding carboxylic acids is 1. The maximum Gasteiger partial charge on any atom is 0.274 e. The molecule has 5 nitrogen and oxygen atoms in total. The first-order valence-corrected chi connectivity index (χ1v) is 6.59. The van der Waals surface area contributed by atoms with Gasteiger partial charge in [-0.05, 0) is 41.1 Å². The highest BCUT2D eigenvalue weighted by molar-refractivity contribution is 9.10. The molecule has 0 unspecified atom stereocenters. The van der Waals surface area contributed by atoms with Gasteiger partial charge in [0.05, 0.1) is 10.5 Å². The monoisotopic (exact) mass is 334 g/mol. The number of aryl methyl sites for hydroxylation is 1. The summed E-state index contributed by atoms with van der Waals surface area (Å²) in [4.78, 5) is 22.5. The summed E-state index contributed by atoms with van der Waals surface area (Å²) in [7, 11) is 0. The fourth-order valence-corrected chi connectivity index (χ4v) is 2.19. The summed E-state index contributed by atoms with van der Waals surface area (Å²) in [6.07, 6.45) is 0. The first kappa shape index (κ1) is 14.2. The molecule has 0 spiro atoms. The normalized spacial score (nSPS) is 10.1. The van der Waals surface area contributed by atoms with Crippen molar-refractivity contribution in [2.75, 3.05) is 5.32 Å². The fraction of sp³-hybridized carbons (Fsp3) is 0.0714. The molecular weight excluding hydrogens is 324 g/mol.